The fourth-order valence-electron chi connectivity index (χ4n) is 1.20. The number of rotatable bonds is 4. The van der Waals surface area contributed by atoms with Crippen molar-refractivity contribution < 1.29 is 27.1 Å². The first-order valence-corrected chi connectivity index (χ1v) is 8.08. The van der Waals surface area contributed by atoms with Crippen LogP contribution in [0.25, 0.3) is 0 Å². The topological polar surface area (TPSA) is 104 Å². The van der Waals surface area contributed by atoms with Gasteiger partial charge in [0, 0.05) is 12.1 Å². The lowest BCUT2D eigenvalue weighted by atomic mass is 10.2. The lowest BCUT2D eigenvalue weighted by Gasteiger charge is -2.08. The number of carbonyl (C=O) groups excluding carboxylic acids is 1. The summed E-state index contributed by atoms with van der Waals surface area (Å²) >= 11 is 0. The number of hydrogen-bond donors (Lipinski definition) is 2. The average Bonchev–Trinajstić information content (AvgIpc) is 2.38. The number of hydrogen-bond acceptors (Lipinski definition) is 5. The second-order valence-electron chi connectivity index (χ2n) is 4.67. The molecular formula is C15H25NO6S. The fourth-order valence-corrected chi connectivity index (χ4v) is 1.20. The molecule has 0 amide bonds. The van der Waals surface area contributed by atoms with Crippen LogP contribution in [0.2, 0.25) is 0 Å². The van der Waals surface area contributed by atoms with Crippen LogP contribution in [0.4, 0.5) is 0 Å². The molecule has 1 aromatic carbocycles. The van der Waals surface area contributed by atoms with Gasteiger partial charge in [0.25, 0.3) is 0 Å². The molecule has 1 aromatic rings. The third-order valence-electron chi connectivity index (χ3n) is 1.97. The highest BCUT2D eigenvalue weighted by Crippen LogP contribution is 1.99. The van der Waals surface area contributed by atoms with Crippen molar-refractivity contribution in [3.05, 3.63) is 48.0 Å². The van der Waals surface area contributed by atoms with E-state index < -0.39 is 10.4 Å². The standard InChI is InChI=1S/C9H13N.C6H10O2.H2O4S/c1-10(2)8-9-6-4-3-5-7-9;1-4-8-6(7)5(2)3;1-5(2,3)4/h3-7H,8H2,1-2H3;2,4H2,1,3H3;(H2,1,2,3,4). The summed E-state index contributed by atoms with van der Waals surface area (Å²) in [4.78, 5) is 12.6. The molecule has 1 rings (SSSR count). The molecule has 0 atom stereocenters. The van der Waals surface area contributed by atoms with Crippen molar-refractivity contribution in [2.45, 2.75) is 20.4 Å². The van der Waals surface area contributed by atoms with Gasteiger partial charge in [0.1, 0.15) is 0 Å². The van der Waals surface area contributed by atoms with Gasteiger partial charge in [0.2, 0.25) is 0 Å². The van der Waals surface area contributed by atoms with Gasteiger partial charge in [-0.05, 0) is 33.5 Å². The summed E-state index contributed by atoms with van der Waals surface area (Å²) in [6.45, 7) is 8.24. The summed E-state index contributed by atoms with van der Waals surface area (Å²) in [5, 5.41) is 0. The van der Waals surface area contributed by atoms with E-state index in [0.29, 0.717) is 12.2 Å². The lowest BCUT2D eigenvalue weighted by molar-refractivity contribution is -0.138. The van der Waals surface area contributed by atoms with Crippen LogP contribution in [0.3, 0.4) is 0 Å². The molecule has 23 heavy (non-hydrogen) atoms. The second kappa shape index (κ2) is 12.8. The first-order valence-electron chi connectivity index (χ1n) is 6.68. The van der Waals surface area contributed by atoms with Crippen LogP contribution in [0.5, 0.6) is 0 Å². The summed E-state index contributed by atoms with van der Waals surface area (Å²) in [6.07, 6.45) is 0. The van der Waals surface area contributed by atoms with Crippen molar-refractivity contribution >= 4 is 16.4 Å². The molecular weight excluding hydrogens is 322 g/mol. The zero-order chi connectivity index (χ0) is 18.5. The Bertz CT molecular complexity index is 547. The largest absolute Gasteiger partial charge is 0.463 e. The van der Waals surface area contributed by atoms with Gasteiger partial charge in [0.15, 0.2) is 0 Å². The van der Waals surface area contributed by atoms with Gasteiger partial charge in [0.05, 0.1) is 6.61 Å². The quantitative estimate of drug-likeness (QED) is 0.489. The molecule has 8 heteroatoms. The molecule has 0 aromatic heterocycles. The van der Waals surface area contributed by atoms with Crippen LogP contribution in [-0.4, -0.2) is 49.1 Å². The van der Waals surface area contributed by atoms with E-state index in [9.17, 15) is 4.79 Å². The van der Waals surface area contributed by atoms with Gasteiger partial charge in [-0.3, -0.25) is 9.11 Å². The number of benzene rings is 1. The van der Waals surface area contributed by atoms with Crippen molar-refractivity contribution in [3.8, 4) is 0 Å². The Morgan fingerprint density at radius 1 is 1.22 bits per heavy atom. The highest BCUT2D eigenvalue weighted by molar-refractivity contribution is 7.79. The molecule has 0 unspecified atom stereocenters. The minimum atomic E-state index is -4.67. The van der Waals surface area contributed by atoms with Crippen LogP contribution < -0.4 is 0 Å². The highest BCUT2D eigenvalue weighted by Gasteiger charge is 1.98. The third kappa shape index (κ3) is 22.7. The average molecular weight is 347 g/mol. The van der Waals surface area contributed by atoms with Gasteiger partial charge in [-0.15, -0.1) is 0 Å². The highest BCUT2D eigenvalue weighted by atomic mass is 32.3. The van der Waals surface area contributed by atoms with Crippen molar-refractivity contribution in [1.82, 2.24) is 4.90 Å². The Morgan fingerprint density at radius 3 is 1.91 bits per heavy atom. The van der Waals surface area contributed by atoms with E-state index in [1.807, 2.05) is 6.07 Å². The van der Waals surface area contributed by atoms with Crippen LogP contribution in [0.15, 0.2) is 42.5 Å². The lowest BCUT2D eigenvalue weighted by Crippen LogP contribution is -2.10. The van der Waals surface area contributed by atoms with E-state index in [2.05, 4.69) is 54.6 Å². The third-order valence-corrected chi connectivity index (χ3v) is 1.97. The molecule has 0 bridgehead atoms. The van der Waals surface area contributed by atoms with Gasteiger partial charge in [-0.25, -0.2) is 4.79 Å². The van der Waals surface area contributed by atoms with Crippen molar-refractivity contribution in [2.75, 3.05) is 20.7 Å². The first kappa shape index (κ1) is 23.5. The monoisotopic (exact) mass is 347 g/mol. The van der Waals surface area contributed by atoms with Gasteiger partial charge < -0.3 is 9.64 Å². The molecule has 2 N–H and O–H groups in total. The molecule has 0 saturated heterocycles. The minimum Gasteiger partial charge on any atom is -0.463 e. The second-order valence-corrected chi connectivity index (χ2v) is 5.57. The maximum atomic E-state index is 10.4. The predicted octanol–water partition coefficient (Wildman–Crippen LogP) is 2.22. The maximum Gasteiger partial charge on any atom is 0.394 e. The summed E-state index contributed by atoms with van der Waals surface area (Å²) < 4.78 is 36.1. The van der Waals surface area contributed by atoms with E-state index >= 15 is 0 Å². The summed E-state index contributed by atoms with van der Waals surface area (Å²) in [5.41, 5.74) is 1.82. The van der Waals surface area contributed by atoms with Crippen LogP contribution in [0.1, 0.15) is 19.4 Å². The van der Waals surface area contributed by atoms with Gasteiger partial charge >= 0.3 is 16.4 Å². The molecule has 0 radical (unpaired) electrons. The maximum absolute atomic E-state index is 10.4. The number of esters is 1. The summed E-state index contributed by atoms with van der Waals surface area (Å²) in [7, 11) is -0.514. The normalized spacial score (nSPS) is 9.87. The molecule has 7 nitrogen and oxygen atoms in total. The molecule has 0 aliphatic carbocycles. The SMILES string of the molecule is C=C(C)C(=O)OCC.CN(C)Cc1ccccc1.O=S(=O)(O)O. The Labute approximate surface area is 138 Å². The zero-order valence-corrected chi connectivity index (χ0v) is 14.7. The Hall–Kier alpha value is -1.74. The van der Waals surface area contributed by atoms with E-state index in [0.717, 1.165) is 6.54 Å². The van der Waals surface area contributed by atoms with E-state index in [4.69, 9.17) is 17.5 Å². The molecule has 0 saturated carbocycles. The minimum absolute atomic E-state index is 0.312. The number of nitrogens with zero attached hydrogens (tertiary/aromatic N) is 1. The predicted molar refractivity (Wildman–Crippen MR) is 89.5 cm³/mol. The van der Waals surface area contributed by atoms with Crippen LogP contribution in [0, 0.1) is 0 Å². The fraction of sp³-hybridized carbons (Fsp3) is 0.400. The van der Waals surface area contributed by atoms with E-state index in [1.165, 1.54) is 5.56 Å². The van der Waals surface area contributed by atoms with Crippen molar-refractivity contribution in [3.63, 3.8) is 0 Å². The smallest absolute Gasteiger partial charge is 0.394 e. The molecule has 132 valence electrons. The van der Waals surface area contributed by atoms with Crippen LogP contribution in [-0.2, 0) is 26.5 Å². The van der Waals surface area contributed by atoms with E-state index in [1.54, 1.807) is 13.8 Å². The summed E-state index contributed by atoms with van der Waals surface area (Å²) in [6, 6.07) is 10.5. The van der Waals surface area contributed by atoms with Crippen LogP contribution >= 0.6 is 0 Å². The van der Waals surface area contributed by atoms with E-state index in [-0.39, 0.29) is 5.97 Å². The zero-order valence-electron chi connectivity index (χ0n) is 13.9. The first-order chi connectivity index (χ1) is 10.5. The molecule has 0 spiro atoms. The van der Waals surface area contributed by atoms with Gasteiger partial charge in [-0.2, -0.15) is 8.42 Å². The summed E-state index contributed by atoms with van der Waals surface area (Å²) in [5.74, 6) is -0.312. The Balaban J connectivity index is 0. The molecule has 0 fully saturated rings. The Kier molecular flexibility index (Phi) is 13.1. The Morgan fingerprint density at radius 2 is 1.65 bits per heavy atom. The molecule has 0 aliphatic rings. The van der Waals surface area contributed by atoms with Gasteiger partial charge in [-0.1, -0.05) is 36.9 Å². The van der Waals surface area contributed by atoms with Crippen molar-refractivity contribution in [1.29, 1.82) is 0 Å². The van der Waals surface area contributed by atoms with Crippen molar-refractivity contribution in [2.24, 2.45) is 0 Å². The molecule has 0 heterocycles. The number of ether oxygens (including phenoxy) is 1. The molecule has 0 aliphatic heterocycles. The number of carbonyl (C=O) groups is 1.